The van der Waals surface area contributed by atoms with Crippen LogP contribution in [0.25, 0.3) is 6.08 Å². The number of ether oxygens (including phenoxy) is 2. The van der Waals surface area contributed by atoms with Gasteiger partial charge < -0.3 is 14.8 Å². The van der Waals surface area contributed by atoms with Gasteiger partial charge in [0.05, 0.1) is 14.2 Å². The van der Waals surface area contributed by atoms with E-state index in [1.54, 1.807) is 14.2 Å². The second kappa shape index (κ2) is 7.44. The Kier molecular flexibility index (Phi) is 6.22. The number of halogens is 1. The highest BCUT2D eigenvalue weighted by Gasteiger charge is 2.07. The second-order valence-electron chi connectivity index (χ2n) is 4.19. The van der Waals surface area contributed by atoms with Crippen molar-refractivity contribution in [3.63, 3.8) is 0 Å². The fourth-order valence-corrected chi connectivity index (χ4v) is 1.94. The molecule has 0 radical (unpaired) electrons. The molecule has 0 aliphatic heterocycles. The first-order valence-corrected chi connectivity index (χ1v) is 6.69. The summed E-state index contributed by atoms with van der Waals surface area (Å²) in [5.41, 5.74) is 1.07. The monoisotopic (exact) mass is 313 g/mol. The standard InChI is InChI=1S/C14H20BrNO2/c1-10(2)16-7-5-6-11-8-13(17-3)14(18-4)9-12(11)15/h5-6,8-10,16H,7H2,1-4H3. The van der Waals surface area contributed by atoms with Crippen LogP contribution in [-0.2, 0) is 0 Å². The van der Waals surface area contributed by atoms with E-state index in [1.165, 1.54) is 0 Å². The van der Waals surface area contributed by atoms with E-state index in [-0.39, 0.29) is 0 Å². The molecule has 0 amide bonds. The summed E-state index contributed by atoms with van der Waals surface area (Å²) in [6.45, 7) is 5.10. The van der Waals surface area contributed by atoms with Crippen molar-refractivity contribution < 1.29 is 9.47 Å². The number of nitrogens with one attached hydrogen (secondary N) is 1. The third-order valence-corrected chi connectivity index (χ3v) is 3.13. The van der Waals surface area contributed by atoms with Crippen LogP contribution in [0.1, 0.15) is 19.4 Å². The van der Waals surface area contributed by atoms with Crippen molar-refractivity contribution in [3.8, 4) is 11.5 Å². The van der Waals surface area contributed by atoms with E-state index in [2.05, 4.69) is 47.2 Å². The zero-order valence-corrected chi connectivity index (χ0v) is 12.9. The predicted molar refractivity (Wildman–Crippen MR) is 79.4 cm³/mol. The van der Waals surface area contributed by atoms with Crippen LogP contribution in [0.5, 0.6) is 11.5 Å². The zero-order chi connectivity index (χ0) is 13.5. The summed E-state index contributed by atoms with van der Waals surface area (Å²) < 4.78 is 11.5. The Morgan fingerprint density at radius 2 is 1.83 bits per heavy atom. The minimum Gasteiger partial charge on any atom is -0.493 e. The molecule has 0 fully saturated rings. The molecule has 4 heteroatoms. The molecular formula is C14H20BrNO2. The quantitative estimate of drug-likeness (QED) is 0.872. The summed E-state index contributed by atoms with van der Waals surface area (Å²) in [5, 5.41) is 3.33. The van der Waals surface area contributed by atoms with Gasteiger partial charge in [0.25, 0.3) is 0 Å². The van der Waals surface area contributed by atoms with E-state index in [0.29, 0.717) is 6.04 Å². The van der Waals surface area contributed by atoms with Crippen molar-refractivity contribution >= 4 is 22.0 Å². The number of rotatable bonds is 6. The molecule has 0 aliphatic carbocycles. The van der Waals surface area contributed by atoms with Crippen molar-refractivity contribution in [1.29, 1.82) is 0 Å². The first-order valence-electron chi connectivity index (χ1n) is 5.90. The van der Waals surface area contributed by atoms with Crippen LogP contribution in [0.15, 0.2) is 22.7 Å². The lowest BCUT2D eigenvalue weighted by atomic mass is 10.2. The number of hydrogen-bond acceptors (Lipinski definition) is 3. The fraction of sp³-hybridized carbons (Fsp3) is 0.429. The van der Waals surface area contributed by atoms with Gasteiger partial charge in [-0.05, 0) is 17.7 Å². The Morgan fingerprint density at radius 3 is 2.39 bits per heavy atom. The lowest BCUT2D eigenvalue weighted by Crippen LogP contribution is -2.22. The van der Waals surface area contributed by atoms with Crippen LogP contribution in [-0.4, -0.2) is 26.8 Å². The van der Waals surface area contributed by atoms with E-state index in [1.807, 2.05) is 12.1 Å². The Hall–Kier alpha value is -1.00. The second-order valence-corrected chi connectivity index (χ2v) is 5.05. The molecule has 1 aromatic carbocycles. The van der Waals surface area contributed by atoms with Crippen molar-refractivity contribution in [2.24, 2.45) is 0 Å². The Morgan fingerprint density at radius 1 is 1.22 bits per heavy atom. The van der Waals surface area contributed by atoms with Gasteiger partial charge in [-0.2, -0.15) is 0 Å². The molecule has 1 rings (SSSR count). The average Bonchev–Trinajstić information content (AvgIpc) is 2.35. The van der Waals surface area contributed by atoms with Crippen LogP contribution >= 0.6 is 15.9 Å². The highest BCUT2D eigenvalue weighted by atomic mass is 79.9. The molecule has 100 valence electrons. The summed E-state index contributed by atoms with van der Waals surface area (Å²) >= 11 is 3.53. The normalized spacial score (nSPS) is 11.2. The Bertz CT molecular complexity index is 417. The summed E-state index contributed by atoms with van der Waals surface area (Å²) in [6.07, 6.45) is 4.15. The van der Waals surface area contributed by atoms with Gasteiger partial charge in [0, 0.05) is 17.1 Å². The van der Waals surface area contributed by atoms with Gasteiger partial charge in [-0.25, -0.2) is 0 Å². The largest absolute Gasteiger partial charge is 0.493 e. The van der Waals surface area contributed by atoms with Crippen molar-refractivity contribution in [2.45, 2.75) is 19.9 Å². The minimum absolute atomic E-state index is 0.489. The van der Waals surface area contributed by atoms with Crippen molar-refractivity contribution in [3.05, 3.63) is 28.2 Å². The van der Waals surface area contributed by atoms with E-state index < -0.39 is 0 Å². The molecule has 0 heterocycles. The van der Waals surface area contributed by atoms with Crippen LogP contribution < -0.4 is 14.8 Å². The first kappa shape index (κ1) is 15.1. The topological polar surface area (TPSA) is 30.5 Å². The third kappa shape index (κ3) is 4.35. The molecule has 0 atom stereocenters. The van der Waals surface area contributed by atoms with Crippen LogP contribution in [0.4, 0.5) is 0 Å². The van der Waals surface area contributed by atoms with Crippen molar-refractivity contribution in [2.75, 3.05) is 20.8 Å². The van der Waals surface area contributed by atoms with Gasteiger partial charge in [-0.3, -0.25) is 0 Å². The van der Waals surface area contributed by atoms with Crippen LogP contribution in [0.2, 0.25) is 0 Å². The van der Waals surface area contributed by atoms with Crippen LogP contribution in [0.3, 0.4) is 0 Å². The minimum atomic E-state index is 0.489. The van der Waals surface area contributed by atoms with E-state index in [4.69, 9.17) is 9.47 Å². The molecule has 1 N–H and O–H groups in total. The number of hydrogen-bond donors (Lipinski definition) is 1. The van der Waals surface area contributed by atoms with Gasteiger partial charge in [0.2, 0.25) is 0 Å². The maximum absolute atomic E-state index is 5.28. The van der Waals surface area contributed by atoms with E-state index >= 15 is 0 Å². The molecule has 0 bridgehead atoms. The molecule has 1 aromatic rings. The molecular weight excluding hydrogens is 294 g/mol. The maximum atomic E-state index is 5.28. The molecule has 0 spiro atoms. The highest BCUT2D eigenvalue weighted by molar-refractivity contribution is 9.10. The summed E-state index contributed by atoms with van der Waals surface area (Å²) in [4.78, 5) is 0. The smallest absolute Gasteiger partial charge is 0.161 e. The summed E-state index contributed by atoms with van der Waals surface area (Å²) in [7, 11) is 3.27. The van der Waals surface area contributed by atoms with Gasteiger partial charge in [-0.15, -0.1) is 0 Å². The van der Waals surface area contributed by atoms with Gasteiger partial charge in [-0.1, -0.05) is 41.9 Å². The van der Waals surface area contributed by atoms with E-state index in [0.717, 1.165) is 28.1 Å². The van der Waals surface area contributed by atoms with E-state index in [9.17, 15) is 0 Å². The first-order chi connectivity index (χ1) is 8.58. The van der Waals surface area contributed by atoms with Crippen LogP contribution in [0, 0.1) is 0 Å². The molecule has 18 heavy (non-hydrogen) atoms. The summed E-state index contributed by atoms with van der Waals surface area (Å²) in [6, 6.07) is 4.35. The molecule has 0 aromatic heterocycles. The van der Waals surface area contributed by atoms with Gasteiger partial charge in [0.15, 0.2) is 11.5 Å². The molecule has 0 unspecified atom stereocenters. The fourth-order valence-electron chi connectivity index (χ4n) is 1.49. The Balaban J connectivity index is 2.82. The van der Waals surface area contributed by atoms with Crippen molar-refractivity contribution in [1.82, 2.24) is 5.32 Å². The molecule has 0 aliphatic rings. The maximum Gasteiger partial charge on any atom is 0.161 e. The average molecular weight is 314 g/mol. The lowest BCUT2D eigenvalue weighted by molar-refractivity contribution is 0.354. The number of methoxy groups -OCH3 is 2. The molecule has 0 saturated heterocycles. The SMILES string of the molecule is COc1cc(Br)c(C=CCNC(C)C)cc1OC. The summed E-state index contributed by atoms with van der Waals surface area (Å²) in [5.74, 6) is 1.46. The molecule has 0 saturated carbocycles. The molecule has 3 nitrogen and oxygen atoms in total. The highest BCUT2D eigenvalue weighted by Crippen LogP contribution is 2.33. The van der Waals surface area contributed by atoms with Gasteiger partial charge in [0.1, 0.15) is 0 Å². The number of benzene rings is 1. The predicted octanol–water partition coefficient (Wildman–Crippen LogP) is 3.48. The lowest BCUT2D eigenvalue weighted by Gasteiger charge is -2.10. The van der Waals surface area contributed by atoms with Gasteiger partial charge >= 0.3 is 0 Å². The Labute approximate surface area is 117 Å². The third-order valence-electron chi connectivity index (χ3n) is 2.44. The zero-order valence-electron chi connectivity index (χ0n) is 11.3.